The molecule has 20 heavy (non-hydrogen) atoms. The molecular formula is C17H20FNO. The molecule has 2 aliphatic carbocycles. The van der Waals surface area contributed by atoms with Gasteiger partial charge in [0, 0.05) is 19.0 Å². The summed E-state index contributed by atoms with van der Waals surface area (Å²) in [5, 5.41) is 0. The number of carbonyl (C=O) groups excluding carboxylic acids is 1. The highest BCUT2D eigenvalue weighted by atomic mass is 19.1. The Hall–Kier alpha value is -1.64. The van der Waals surface area contributed by atoms with Crippen molar-refractivity contribution in [2.45, 2.75) is 44.7 Å². The number of carbonyl (C=O) groups is 1. The summed E-state index contributed by atoms with van der Waals surface area (Å²) in [5.74, 6) is 0.383. The van der Waals surface area contributed by atoms with E-state index in [4.69, 9.17) is 0 Å². The van der Waals surface area contributed by atoms with Crippen LogP contribution in [0.5, 0.6) is 0 Å². The van der Waals surface area contributed by atoms with Crippen molar-refractivity contribution in [2.75, 3.05) is 0 Å². The summed E-state index contributed by atoms with van der Waals surface area (Å²) in [5.41, 5.74) is 0.882. The molecule has 1 amide bonds. The van der Waals surface area contributed by atoms with Crippen molar-refractivity contribution in [3.8, 4) is 0 Å². The fraction of sp³-hybridized carbons (Fsp3) is 0.471. The third kappa shape index (κ3) is 3.27. The second-order valence-corrected chi connectivity index (χ2v) is 5.85. The van der Waals surface area contributed by atoms with Crippen molar-refractivity contribution in [1.29, 1.82) is 0 Å². The fourth-order valence-corrected chi connectivity index (χ4v) is 2.85. The third-order valence-corrected chi connectivity index (χ3v) is 4.10. The zero-order valence-electron chi connectivity index (χ0n) is 11.6. The van der Waals surface area contributed by atoms with Gasteiger partial charge in [-0.05, 0) is 49.3 Å². The molecule has 0 bridgehead atoms. The first kappa shape index (κ1) is 13.3. The molecular weight excluding hydrogens is 253 g/mol. The van der Waals surface area contributed by atoms with Crippen molar-refractivity contribution in [2.24, 2.45) is 5.92 Å². The lowest BCUT2D eigenvalue weighted by molar-refractivity contribution is -0.133. The molecule has 0 aromatic heterocycles. The summed E-state index contributed by atoms with van der Waals surface area (Å²) in [6, 6.07) is 6.94. The molecule has 2 aliphatic rings. The van der Waals surface area contributed by atoms with Gasteiger partial charge >= 0.3 is 0 Å². The maximum absolute atomic E-state index is 13.3. The lowest BCUT2D eigenvalue weighted by Gasteiger charge is -2.24. The Morgan fingerprint density at radius 2 is 2.15 bits per heavy atom. The van der Waals surface area contributed by atoms with Crippen LogP contribution in [0.4, 0.5) is 4.39 Å². The van der Waals surface area contributed by atoms with Gasteiger partial charge in [-0.25, -0.2) is 4.39 Å². The average molecular weight is 273 g/mol. The van der Waals surface area contributed by atoms with E-state index in [1.807, 2.05) is 11.0 Å². The van der Waals surface area contributed by atoms with Gasteiger partial charge in [0.05, 0.1) is 0 Å². The predicted octanol–water partition coefficient (Wildman–Crippen LogP) is 3.67. The van der Waals surface area contributed by atoms with Crippen molar-refractivity contribution in [1.82, 2.24) is 4.90 Å². The summed E-state index contributed by atoms with van der Waals surface area (Å²) in [7, 11) is 0. The average Bonchev–Trinajstić information content (AvgIpc) is 3.14. The second-order valence-electron chi connectivity index (χ2n) is 5.85. The zero-order chi connectivity index (χ0) is 13.9. The lowest BCUT2D eigenvalue weighted by atomic mass is 10.0. The maximum atomic E-state index is 13.3. The summed E-state index contributed by atoms with van der Waals surface area (Å²) in [6.07, 6.45) is 9.26. The topological polar surface area (TPSA) is 20.3 Å². The van der Waals surface area contributed by atoms with Crippen molar-refractivity contribution in [3.63, 3.8) is 0 Å². The largest absolute Gasteiger partial charge is 0.335 e. The predicted molar refractivity (Wildman–Crippen MR) is 76.5 cm³/mol. The monoisotopic (exact) mass is 273 g/mol. The van der Waals surface area contributed by atoms with Crippen LogP contribution in [-0.4, -0.2) is 16.8 Å². The molecule has 3 rings (SSSR count). The highest BCUT2D eigenvalue weighted by Crippen LogP contribution is 2.31. The van der Waals surface area contributed by atoms with E-state index >= 15 is 0 Å². The van der Waals surface area contributed by atoms with E-state index in [0.29, 0.717) is 24.9 Å². The van der Waals surface area contributed by atoms with Gasteiger partial charge in [-0.3, -0.25) is 4.79 Å². The standard InChI is InChI=1S/C17H20FNO/c18-15-7-3-6-14(10-15)12-19(16-8-9-16)17(20)11-13-4-1-2-5-13/h1,3-4,6-7,10,13,16H,2,5,8-9,11-12H2. The van der Waals surface area contributed by atoms with E-state index in [-0.39, 0.29) is 11.7 Å². The van der Waals surface area contributed by atoms with Crippen LogP contribution in [0.2, 0.25) is 0 Å². The second kappa shape index (κ2) is 5.78. The van der Waals surface area contributed by atoms with E-state index in [1.165, 1.54) is 12.1 Å². The van der Waals surface area contributed by atoms with Crippen LogP contribution in [-0.2, 0) is 11.3 Å². The van der Waals surface area contributed by atoms with E-state index < -0.39 is 0 Å². The van der Waals surface area contributed by atoms with Gasteiger partial charge in [0.25, 0.3) is 0 Å². The van der Waals surface area contributed by atoms with Crippen LogP contribution in [0.15, 0.2) is 36.4 Å². The first-order chi connectivity index (χ1) is 9.72. The van der Waals surface area contributed by atoms with Gasteiger partial charge in [0.15, 0.2) is 0 Å². The molecule has 2 nitrogen and oxygen atoms in total. The zero-order valence-corrected chi connectivity index (χ0v) is 11.6. The smallest absolute Gasteiger partial charge is 0.223 e. The number of halogens is 1. The molecule has 0 saturated heterocycles. The summed E-state index contributed by atoms with van der Waals surface area (Å²) in [6.45, 7) is 0.539. The third-order valence-electron chi connectivity index (χ3n) is 4.10. The van der Waals surface area contributed by atoms with Gasteiger partial charge in [0.2, 0.25) is 5.91 Å². The van der Waals surface area contributed by atoms with E-state index in [9.17, 15) is 9.18 Å². The first-order valence-electron chi connectivity index (χ1n) is 7.43. The van der Waals surface area contributed by atoms with Gasteiger partial charge in [-0.15, -0.1) is 0 Å². The number of hydrogen-bond donors (Lipinski definition) is 0. The van der Waals surface area contributed by atoms with E-state index in [1.54, 1.807) is 6.07 Å². The number of hydrogen-bond acceptors (Lipinski definition) is 1. The molecule has 1 saturated carbocycles. The number of allylic oxidation sites excluding steroid dienone is 2. The molecule has 0 N–H and O–H groups in total. The Bertz CT molecular complexity index is 521. The van der Waals surface area contributed by atoms with Gasteiger partial charge in [-0.2, -0.15) is 0 Å². The quantitative estimate of drug-likeness (QED) is 0.749. The molecule has 0 radical (unpaired) electrons. The molecule has 3 heteroatoms. The maximum Gasteiger partial charge on any atom is 0.223 e. The number of amides is 1. The van der Waals surface area contributed by atoms with Crippen molar-refractivity contribution >= 4 is 5.91 Å². The van der Waals surface area contributed by atoms with Crippen LogP contribution in [0.1, 0.15) is 37.7 Å². The highest BCUT2D eigenvalue weighted by Gasteiger charge is 2.33. The van der Waals surface area contributed by atoms with E-state index in [2.05, 4.69) is 12.2 Å². The molecule has 0 spiro atoms. The van der Waals surface area contributed by atoms with Crippen LogP contribution in [0, 0.1) is 11.7 Å². The minimum absolute atomic E-state index is 0.216. The van der Waals surface area contributed by atoms with E-state index in [0.717, 1.165) is 31.2 Å². The summed E-state index contributed by atoms with van der Waals surface area (Å²) >= 11 is 0. The SMILES string of the molecule is O=C(CC1C=CCC1)N(Cc1cccc(F)c1)C1CC1. The van der Waals surface area contributed by atoms with Crippen LogP contribution >= 0.6 is 0 Å². The summed E-state index contributed by atoms with van der Waals surface area (Å²) in [4.78, 5) is 14.4. The number of nitrogens with zero attached hydrogens (tertiary/aromatic N) is 1. The Balaban J connectivity index is 1.65. The molecule has 1 aromatic carbocycles. The minimum atomic E-state index is -0.232. The van der Waals surface area contributed by atoms with Crippen LogP contribution < -0.4 is 0 Å². The summed E-state index contributed by atoms with van der Waals surface area (Å²) < 4.78 is 13.3. The molecule has 1 unspecified atom stereocenters. The molecule has 106 valence electrons. The van der Waals surface area contributed by atoms with Gasteiger partial charge in [-0.1, -0.05) is 24.3 Å². The normalized spacial score (nSPS) is 21.1. The molecule has 0 aliphatic heterocycles. The fourth-order valence-electron chi connectivity index (χ4n) is 2.85. The molecule has 0 heterocycles. The van der Waals surface area contributed by atoms with Crippen LogP contribution in [0.3, 0.4) is 0 Å². The van der Waals surface area contributed by atoms with Crippen LogP contribution in [0.25, 0.3) is 0 Å². The van der Waals surface area contributed by atoms with Crippen molar-refractivity contribution < 1.29 is 9.18 Å². The Kier molecular flexibility index (Phi) is 3.86. The molecule has 1 fully saturated rings. The van der Waals surface area contributed by atoms with Gasteiger partial charge in [0.1, 0.15) is 5.82 Å². The number of benzene rings is 1. The molecule has 1 atom stereocenters. The molecule has 1 aromatic rings. The Morgan fingerprint density at radius 1 is 1.30 bits per heavy atom. The lowest BCUT2D eigenvalue weighted by Crippen LogP contribution is -2.33. The minimum Gasteiger partial charge on any atom is -0.335 e. The number of rotatable bonds is 5. The first-order valence-corrected chi connectivity index (χ1v) is 7.43. The Labute approximate surface area is 119 Å². The van der Waals surface area contributed by atoms with Gasteiger partial charge < -0.3 is 4.90 Å². The Morgan fingerprint density at radius 3 is 2.80 bits per heavy atom. The highest BCUT2D eigenvalue weighted by molar-refractivity contribution is 5.77. The van der Waals surface area contributed by atoms with Crippen molar-refractivity contribution in [3.05, 3.63) is 47.8 Å².